The molecule has 1 aliphatic heterocycles. The highest BCUT2D eigenvalue weighted by Gasteiger charge is 2.23. The Hall–Kier alpha value is -2.91. The maximum Gasteiger partial charge on any atom is 0.248 e. The third-order valence-corrected chi connectivity index (χ3v) is 5.49. The Morgan fingerprint density at radius 1 is 0.846 bits per heavy atom. The first-order chi connectivity index (χ1) is 18.6. The first kappa shape index (κ1) is 34.1. The van der Waals surface area contributed by atoms with Crippen LogP contribution in [0.25, 0.3) is 0 Å². The van der Waals surface area contributed by atoms with Gasteiger partial charge < -0.3 is 44.9 Å². The first-order valence-electron chi connectivity index (χ1n) is 13.0. The van der Waals surface area contributed by atoms with Crippen LogP contribution in [0.1, 0.15) is 33.6 Å². The van der Waals surface area contributed by atoms with Crippen molar-refractivity contribution in [3.05, 3.63) is 12.2 Å². The van der Waals surface area contributed by atoms with Crippen molar-refractivity contribution in [2.45, 2.75) is 51.9 Å². The van der Waals surface area contributed by atoms with E-state index >= 15 is 0 Å². The minimum atomic E-state index is -0.972. The zero-order valence-electron chi connectivity index (χ0n) is 22.9. The summed E-state index contributed by atoms with van der Waals surface area (Å²) in [5.74, 6) is -1.47. The van der Waals surface area contributed by atoms with Crippen LogP contribution >= 0.6 is 0 Å². The van der Waals surface area contributed by atoms with Gasteiger partial charge in [-0.15, -0.1) is 0 Å². The van der Waals surface area contributed by atoms with Gasteiger partial charge in [-0.05, 0) is 26.8 Å². The van der Waals surface area contributed by atoms with Gasteiger partial charge in [0.05, 0.1) is 58.9 Å². The molecule has 0 aromatic carbocycles. The lowest BCUT2D eigenvalue weighted by Gasteiger charge is -2.19. The fourth-order valence-corrected chi connectivity index (χ4v) is 3.06. The second-order valence-corrected chi connectivity index (χ2v) is 8.73. The van der Waals surface area contributed by atoms with Gasteiger partial charge in [-0.2, -0.15) is 0 Å². The van der Waals surface area contributed by atoms with Gasteiger partial charge in [0.25, 0.3) is 0 Å². The van der Waals surface area contributed by atoms with Crippen molar-refractivity contribution < 1.29 is 48.0 Å². The molecule has 4 amide bonds. The highest BCUT2D eigenvalue weighted by Crippen LogP contribution is 2.08. The van der Waals surface area contributed by atoms with Crippen LogP contribution in [0.3, 0.4) is 0 Å². The first-order valence-corrected chi connectivity index (χ1v) is 13.0. The molecule has 39 heavy (non-hydrogen) atoms. The van der Waals surface area contributed by atoms with E-state index in [1.807, 2.05) is 0 Å². The quantitative estimate of drug-likeness (QED) is 0.111. The Kier molecular flexibility index (Phi) is 17.5. The van der Waals surface area contributed by atoms with Crippen LogP contribution in [-0.4, -0.2) is 124 Å². The molecule has 0 spiro atoms. The smallest absolute Gasteiger partial charge is 0.248 e. The number of amides is 4. The molecular weight excluding hydrogens is 516 g/mol. The number of hydrogen-bond acceptors (Lipinski definition) is 10. The normalized spacial score (nSPS) is 16.2. The van der Waals surface area contributed by atoms with E-state index in [9.17, 15) is 29.1 Å². The molecule has 0 aromatic heterocycles. The zero-order chi connectivity index (χ0) is 29.0. The minimum absolute atomic E-state index is 0.0914. The van der Waals surface area contributed by atoms with Crippen LogP contribution in [-0.2, 0) is 42.9 Å². The molecule has 14 nitrogen and oxygen atoms in total. The van der Waals surface area contributed by atoms with Crippen LogP contribution in [0.5, 0.6) is 0 Å². The number of ketones is 1. The summed E-state index contributed by atoms with van der Waals surface area (Å²) >= 11 is 0. The van der Waals surface area contributed by atoms with E-state index in [1.54, 1.807) is 6.92 Å². The molecular formula is C25H42N4O10. The van der Waals surface area contributed by atoms with Gasteiger partial charge >= 0.3 is 0 Å². The highest BCUT2D eigenvalue weighted by atomic mass is 16.6. The number of Topliss-reactive ketones (excluding diaryl/α,β-unsaturated/α-hetero) is 1. The summed E-state index contributed by atoms with van der Waals surface area (Å²) in [6, 6.07) is -1.36. The van der Waals surface area contributed by atoms with Crippen LogP contribution in [0, 0.1) is 0 Å². The summed E-state index contributed by atoms with van der Waals surface area (Å²) in [6.45, 7) is 7.58. The lowest BCUT2D eigenvalue weighted by molar-refractivity contribution is -0.132. The number of ether oxygens (including phenoxy) is 4. The van der Waals surface area contributed by atoms with Crippen molar-refractivity contribution in [3.63, 3.8) is 0 Å². The molecule has 1 unspecified atom stereocenters. The predicted molar refractivity (Wildman–Crippen MR) is 138 cm³/mol. The molecule has 4 N–H and O–H groups in total. The minimum Gasteiger partial charge on any atom is -0.379 e. The second kappa shape index (κ2) is 20.1. The Bertz CT molecular complexity index is 823. The summed E-state index contributed by atoms with van der Waals surface area (Å²) in [6.07, 6.45) is 1.86. The fourth-order valence-electron chi connectivity index (χ4n) is 3.06. The number of aliphatic hydroxyl groups is 1. The average Bonchev–Trinajstić information content (AvgIpc) is 3.21. The van der Waals surface area contributed by atoms with Crippen molar-refractivity contribution in [3.8, 4) is 0 Å². The van der Waals surface area contributed by atoms with Crippen molar-refractivity contribution in [2.75, 3.05) is 65.9 Å². The van der Waals surface area contributed by atoms with E-state index in [0.29, 0.717) is 52.8 Å². The number of carbonyl (C=O) groups is 5. The molecule has 0 saturated heterocycles. The van der Waals surface area contributed by atoms with Gasteiger partial charge in [-0.25, -0.2) is 0 Å². The Labute approximate surface area is 228 Å². The zero-order valence-corrected chi connectivity index (χ0v) is 22.9. The van der Waals surface area contributed by atoms with Gasteiger partial charge in [0.2, 0.25) is 23.6 Å². The summed E-state index contributed by atoms with van der Waals surface area (Å²) in [7, 11) is 0. The number of aliphatic hydroxyl groups excluding tert-OH is 1. The summed E-state index contributed by atoms with van der Waals surface area (Å²) in [5, 5.41) is 17.3. The fraction of sp³-hybridized carbons (Fsp3) is 0.720. The number of hydrogen-bond donors (Lipinski definition) is 4. The van der Waals surface area contributed by atoms with Crippen LogP contribution < -0.4 is 16.0 Å². The van der Waals surface area contributed by atoms with E-state index in [1.165, 1.54) is 30.9 Å². The van der Waals surface area contributed by atoms with E-state index in [2.05, 4.69) is 16.0 Å². The Morgan fingerprint density at radius 3 is 1.95 bits per heavy atom. The molecule has 1 aliphatic rings. The predicted octanol–water partition coefficient (Wildman–Crippen LogP) is -1.74. The van der Waals surface area contributed by atoms with E-state index in [0.717, 1.165) is 0 Å². The largest absolute Gasteiger partial charge is 0.379 e. The topological polar surface area (TPSA) is 182 Å². The number of carbonyl (C=O) groups excluding carboxylic acids is 5. The maximum atomic E-state index is 11.9. The maximum absolute atomic E-state index is 11.9. The average molecular weight is 559 g/mol. The van der Waals surface area contributed by atoms with Crippen molar-refractivity contribution in [2.24, 2.45) is 0 Å². The molecule has 14 heteroatoms. The molecule has 0 bridgehead atoms. The van der Waals surface area contributed by atoms with E-state index in [-0.39, 0.29) is 49.5 Å². The van der Waals surface area contributed by atoms with Gasteiger partial charge in [0.15, 0.2) is 5.78 Å². The lowest BCUT2D eigenvalue weighted by Crippen LogP contribution is -2.49. The summed E-state index contributed by atoms with van der Waals surface area (Å²) < 4.78 is 21.5. The monoisotopic (exact) mass is 558 g/mol. The van der Waals surface area contributed by atoms with E-state index in [4.69, 9.17) is 18.9 Å². The third-order valence-electron chi connectivity index (χ3n) is 5.49. The molecule has 1 rings (SSSR count). The van der Waals surface area contributed by atoms with Crippen molar-refractivity contribution >= 4 is 29.4 Å². The molecule has 0 aromatic rings. The molecule has 222 valence electrons. The van der Waals surface area contributed by atoms with Crippen LogP contribution in [0.4, 0.5) is 0 Å². The van der Waals surface area contributed by atoms with Gasteiger partial charge in [0.1, 0.15) is 12.3 Å². The molecule has 0 radical (unpaired) electrons. The molecule has 3 atom stereocenters. The summed E-state index contributed by atoms with van der Waals surface area (Å²) in [5.41, 5.74) is 0. The second-order valence-electron chi connectivity index (χ2n) is 8.73. The highest BCUT2D eigenvalue weighted by molar-refractivity contribution is 5.91. The SMILES string of the molecule is CC(=O)[C@H](C)NC(=O)[C@H](C)NC(=O)CCOCCOCCOCCOCCNC(=O)CCN1C(=O)C=CC1O. The lowest BCUT2D eigenvalue weighted by atomic mass is 10.2. The van der Waals surface area contributed by atoms with E-state index < -0.39 is 24.2 Å². The number of nitrogens with one attached hydrogen (secondary N) is 3. The van der Waals surface area contributed by atoms with Crippen molar-refractivity contribution in [1.82, 2.24) is 20.9 Å². The molecule has 0 saturated carbocycles. The third kappa shape index (κ3) is 15.9. The van der Waals surface area contributed by atoms with Crippen LogP contribution in [0.15, 0.2) is 12.2 Å². The van der Waals surface area contributed by atoms with Crippen molar-refractivity contribution in [1.29, 1.82) is 0 Å². The van der Waals surface area contributed by atoms with Gasteiger partial charge in [0, 0.05) is 32.0 Å². The van der Waals surface area contributed by atoms with Gasteiger partial charge in [-0.3, -0.25) is 24.0 Å². The molecule has 1 heterocycles. The summed E-state index contributed by atoms with van der Waals surface area (Å²) in [4.78, 5) is 59.4. The Balaban J connectivity index is 1.85. The molecule has 0 fully saturated rings. The number of nitrogens with zero attached hydrogens (tertiary/aromatic N) is 1. The van der Waals surface area contributed by atoms with Gasteiger partial charge in [-0.1, -0.05) is 0 Å². The Morgan fingerprint density at radius 2 is 1.41 bits per heavy atom. The standard InChI is InChI=1S/C25H42N4O10/c1-18(20(3)30)28-25(35)19(2)27-22(32)7-10-36-12-14-38-16-17-39-15-13-37-11-8-26-21(31)6-9-29-23(33)4-5-24(29)34/h4-5,18-19,23,33H,6-17H2,1-3H3,(H,26,31)(H,27,32)(H,28,35)/t18-,19-,23?/m0/s1. The van der Waals surface area contributed by atoms with Crippen LogP contribution in [0.2, 0.25) is 0 Å². The number of rotatable bonds is 22. The molecule has 0 aliphatic carbocycles.